The van der Waals surface area contributed by atoms with E-state index in [9.17, 15) is 9.59 Å². The number of esters is 1. The van der Waals surface area contributed by atoms with Crippen LogP contribution < -0.4 is 20.3 Å². The third-order valence-corrected chi connectivity index (χ3v) is 7.71. The molecule has 1 atom stereocenters. The van der Waals surface area contributed by atoms with Crippen molar-refractivity contribution in [3.05, 3.63) is 59.2 Å². The lowest BCUT2D eigenvalue weighted by Crippen LogP contribution is -2.36. The second-order valence-electron chi connectivity index (χ2n) is 11.4. The third kappa shape index (κ3) is 9.93. The number of rotatable bonds is 14. The molecule has 0 saturated heterocycles. The molecule has 7 nitrogen and oxygen atoms in total. The predicted octanol–water partition coefficient (Wildman–Crippen LogP) is 5.57. The van der Waals surface area contributed by atoms with Gasteiger partial charge in [0.2, 0.25) is 5.91 Å². The maximum atomic E-state index is 13.3. The molecule has 2 aromatic rings. The molecule has 0 aromatic heterocycles. The fraction of sp³-hybridized carbons (Fsp3) is 0.576. The van der Waals surface area contributed by atoms with Gasteiger partial charge in [-0.05, 0) is 101 Å². The van der Waals surface area contributed by atoms with Crippen LogP contribution in [0.1, 0.15) is 76.5 Å². The lowest BCUT2D eigenvalue weighted by Gasteiger charge is -2.31. The number of carbonyl (C=O) groups excluding carboxylic acids is 2. The summed E-state index contributed by atoms with van der Waals surface area (Å²) < 4.78 is 11.5. The zero-order chi connectivity index (χ0) is 29.1. The van der Waals surface area contributed by atoms with E-state index in [4.69, 9.17) is 9.47 Å². The van der Waals surface area contributed by atoms with Crippen LogP contribution in [-0.2, 0) is 27.3 Å². The lowest BCUT2D eigenvalue weighted by molar-refractivity contribution is -0.146. The van der Waals surface area contributed by atoms with E-state index >= 15 is 0 Å². The molecule has 0 aliphatic heterocycles. The molecule has 1 unspecified atom stereocenters. The van der Waals surface area contributed by atoms with E-state index in [0.29, 0.717) is 6.04 Å². The average Bonchev–Trinajstić information content (AvgIpc) is 2.92. The Morgan fingerprint density at radius 2 is 1.77 bits per heavy atom. The summed E-state index contributed by atoms with van der Waals surface area (Å²) in [6.07, 6.45) is 4.59. The van der Waals surface area contributed by atoms with Gasteiger partial charge in [0.25, 0.3) is 0 Å². The highest BCUT2D eigenvalue weighted by molar-refractivity contribution is 5.94. The molecule has 0 bridgehead atoms. The first-order chi connectivity index (χ1) is 19.2. The lowest BCUT2D eigenvalue weighted by atomic mass is 9.86. The predicted molar refractivity (Wildman–Crippen MR) is 162 cm³/mol. The maximum absolute atomic E-state index is 13.3. The number of anilines is 1. The second kappa shape index (κ2) is 15.8. The van der Waals surface area contributed by atoms with Crippen LogP contribution in [0.4, 0.5) is 5.69 Å². The first-order valence-electron chi connectivity index (χ1n) is 14.9. The van der Waals surface area contributed by atoms with Crippen molar-refractivity contribution in [2.75, 3.05) is 25.0 Å². The van der Waals surface area contributed by atoms with Crippen LogP contribution in [0.5, 0.6) is 5.75 Å². The Hall–Kier alpha value is -2.90. The van der Waals surface area contributed by atoms with Crippen molar-refractivity contribution in [2.24, 2.45) is 5.92 Å². The van der Waals surface area contributed by atoms with E-state index in [2.05, 4.69) is 49.6 Å². The number of nitrogens with zero attached hydrogens (tertiary/aromatic N) is 1. The van der Waals surface area contributed by atoms with E-state index in [-0.39, 0.29) is 36.4 Å². The van der Waals surface area contributed by atoms with Crippen LogP contribution in [0.25, 0.3) is 0 Å². The molecule has 40 heavy (non-hydrogen) atoms. The number of amides is 1. The summed E-state index contributed by atoms with van der Waals surface area (Å²) in [5.41, 5.74) is 4.27. The fourth-order valence-corrected chi connectivity index (χ4v) is 5.08. The van der Waals surface area contributed by atoms with Gasteiger partial charge in [-0.3, -0.25) is 9.59 Å². The van der Waals surface area contributed by atoms with Gasteiger partial charge < -0.3 is 25.0 Å². The van der Waals surface area contributed by atoms with Crippen molar-refractivity contribution < 1.29 is 19.1 Å². The molecule has 1 aliphatic rings. The topological polar surface area (TPSA) is 79.9 Å². The van der Waals surface area contributed by atoms with E-state index in [1.54, 1.807) is 0 Å². The van der Waals surface area contributed by atoms with Gasteiger partial charge in [-0.2, -0.15) is 0 Å². The summed E-state index contributed by atoms with van der Waals surface area (Å²) in [4.78, 5) is 27.1. The SMILES string of the molecule is CCC(C)NCCNCc1ccc(N(C)C(=O)C2CCC(Oc3cccc(CC(=O)OC(C)C)c3)CC2)cc1C. The van der Waals surface area contributed by atoms with Crippen LogP contribution in [0.2, 0.25) is 0 Å². The summed E-state index contributed by atoms with van der Waals surface area (Å²) in [6, 6.07) is 14.5. The van der Waals surface area contributed by atoms with Crippen LogP contribution in [0.3, 0.4) is 0 Å². The van der Waals surface area contributed by atoms with Crippen molar-refractivity contribution in [1.29, 1.82) is 0 Å². The molecular formula is C33H49N3O4. The van der Waals surface area contributed by atoms with Crippen LogP contribution >= 0.6 is 0 Å². The summed E-state index contributed by atoms with van der Waals surface area (Å²) >= 11 is 0. The largest absolute Gasteiger partial charge is 0.490 e. The van der Waals surface area contributed by atoms with Crippen LogP contribution in [0, 0.1) is 12.8 Å². The first-order valence-corrected chi connectivity index (χ1v) is 14.9. The van der Waals surface area contributed by atoms with Gasteiger partial charge in [0, 0.05) is 44.3 Å². The molecule has 220 valence electrons. The van der Waals surface area contributed by atoms with Crippen molar-refractivity contribution >= 4 is 17.6 Å². The highest BCUT2D eigenvalue weighted by Gasteiger charge is 2.30. The molecule has 1 fully saturated rings. The van der Waals surface area contributed by atoms with Gasteiger partial charge in [0.15, 0.2) is 0 Å². The first kappa shape index (κ1) is 31.6. The van der Waals surface area contributed by atoms with Gasteiger partial charge in [0.05, 0.1) is 18.6 Å². The number of hydrogen-bond donors (Lipinski definition) is 2. The Bertz CT molecular complexity index is 1090. The number of nitrogens with one attached hydrogen (secondary N) is 2. The van der Waals surface area contributed by atoms with Gasteiger partial charge in [0.1, 0.15) is 5.75 Å². The summed E-state index contributed by atoms with van der Waals surface area (Å²) in [5, 5.41) is 7.01. The van der Waals surface area contributed by atoms with E-state index in [1.165, 1.54) is 11.1 Å². The monoisotopic (exact) mass is 551 g/mol. The molecule has 2 aromatic carbocycles. The molecule has 0 heterocycles. The van der Waals surface area contributed by atoms with Crippen LogP contribution in [-0.4, -0.2) is 50.3 Å². The Labute approximate surface area is 241 Å². The number of benzene rings is 2. The minimum atomic E-state index is -0.234. The summed E-state index contributed by atoms with van der Waals surface area (Å²) in [6.45, 7) is 12.9. The second-order valence-corrected chi connectivity index (χ2v) is 11.4. The fourth-order valence-electron chi connectivity index (χ4n) is 5.08. The highest BCUT2D eigenvalue weighted by atomic mass is 16.5. The molecule has 1 saturated carbocycles. The molecule has 1 amide bonds. The standard InChI is InChI=1S/C33H49N3O4/c1-7-25(5)35-18-17-34-22-28-11-14-29(19-24(28)4)36(6)33(38)27-12-15-30(16-13-27)40-31-10-8-9-26(20-31)21-32(37)39-23(2)3/h8-11,14,19-20,23,25,27,30,34-35H,7,12-13,15-18,21-22H2,1-6H3. The van der Waals surface area contributed by atoms with Crippen molar-refractivity contribution in [2.45, 2.75) is 97.9 Å². The molecule has 7 heteroatoms. The highest BCUT2D eigenvalue weighted by Crippen LogP contribution is 2.31. The van der Waals surface area contributed by atoms with E-state index in [1.807, 2.05) is 50.1 Å². The Morgan fingerprint density at radius 1 is 1.02 bits per heavy atom. The normalized spacial score (nSPS) is 17.9. The average molecular weight is 552 g/mol. The quantitative estimate of drug-likeness (QED) is 0.236. The van der Waals surface area contributed by atoms with Crippen molar-refractivity contribution in [3.8, 4) is 5.75 Å². The van der Waals surface area contributed by atoms with E-state index < -0.39 is 0 Å². The smallest absolute Gasteiger partial charge is 0.310 e. The zero-order valence-corrected chi connectivity index (χ0v) is 25.3. The van der Waals surface area contributed by atoms with Gasteiger partial charge in [-0.15, -0.1) is 0 Å². The molecule has 3 rings (SSSR count). The van der Waals surface area contributed by atoms with Gasteiger partial charge in [-0.1, -0.05) is 25.1 Å². The maximum Gasteiger partial charge on any atom is 0.310 e. The van der Waals surface area contributed by atoms with Crippen molar-refractivity contribution in [3.63, 3.8) is 0 Å². The minimum Gasteiger partial charge on any atom is -0.490 e. The number of ether oxygens (including phenoxy) is 2. The zero-order valence-electron chi connectivity index (χ0n) is 25.3. The van der Waals surface area contributed by atoms with Gasteiger partial charge >= 0.3 is 5.97 Å². The Balaban J connectivity index is 1.45. The Morgan fingerprint density at radius 3 is 2.45 bits per heavy atom. The Kier molecular flexibility index (Phi) is 12.5. The van der Waals surface area contributed by atoms with Crippen LogP contribution in [0.15, 0.2) is 42.5 Å². The number of carbonyl (C=O) groups is 2. The van der Waals surface area contributed by atoms with E-state index in [0.717, 1.165) is 68.7 Å². The molecule has 0 radical (unpaired) electrons. The van der Waals surface area contributed by atoms with Gasteiger partial charge in [-0.25, -0.2) is 0 Å². The number of aryl methyl sites for hydroxylation is 1. The summed E-state index contributed by atoms with van der Waals surface area (Å²) in [7, 11) is 1.88. The summed E-state index contributed by atoms with van der Waals surface area (Å²) in [5.74, 6) is 0.701. The molecule has 0 spiro atoms. The number of hydrogen-bond acceptors (Lipinski definition) is 6. The third-order valence-electron chi connectivity index (χ3n) is 7.71. The molecular weight excluding hydrogens is 502 g/mol. The molecule has 2 N–H and O–H groups in total. The molecule has 1 aliphatic carbocycles. The minimum absolute atomic E-state index is 0.00153. The van der Waals surface area contributed by atoms with Crippen molar-refractivity contribution in [1.82, 2.24) is 10.6 Å².